The Kier molecular flexibility index (Phi) is 5.76. The molecule has 3 rings (SSSR count). The second-order valence-electron chi connectivity index (χ2n) is 6.55. The minimum Gasteiger partial charge on any atom is -0.296 e. The molecule has 0 radical (unpaired) electrons. The van der Waals surface area contributed by atoms with E-state index in [9.17, 15) is 13.2 Å². The van der Waals surface area contributed by atoms with Crippen LogP contribution in [0.5, 0.6) is 0 Å². The summed E-state index contributed by atoms with van der Waals surface area (Å²) in [7, 11) is -3.82. The maximum Gasteiger partial charge on any atom is 0.261 e. The van der Waals surface area contributed by atoms with Gasteiger partial charge in [0, 0.05) is 17.2 Å². The van der Waals surface area contributed by atoms with Crippen LogP contribution in [0.1, 0.15) is 40.7 Å². The summed E-state index contributed by atoms with van der Waals surface area (Å²) in [5.74, 6) is -0.233. The van der Waals surface area contributed by atoms with Gasteiger partial charge in [0.15, 0.2) is 0 Å². The lowest BCUT2D eigenvalue weighted by molar-refractivity contribution is 0.102. The zero-order chi connectivity index (χ0) is 20.3. The fourth-order valence-corrected chi connectivity index (χ4v) is 4.17. The van der Waals surface area contributed by atoms with E-state index >= 15 is 0 Å². The molecule has 2 aromatic carbocycles. The number of carbonyl (C=O) groups excluding carboxylic acids is 1. The number of amides is 1. The van der Waals surface area contributed by atoms with Crippen LogP contribution in [-0.4, -0.2) is 24.5 Å². The maximum atomic E-state index is 12.6. The predicted octanol–water partition coefficient (Wildman–Crippen LogP) is 4.02. The number of nitrogens with zero attached hydrogens (tertiary/aromatic N) is 2. The Morgan fingerprint density at radius 3 is 2.43 bits per heavy atom. The van der Waals surface area contributed by atoms with Crippen LogP contribution >= 0.6 is 11.3 Å². The minimum atomic E-state index is -3.82. The highest BCUT2D eigenvalue weighted by Gasteiger charge is 2.18. The van der Waals surface area contributed by atoms with Gasteiger partial charge >= 0.3 is 0 Å². The minimum absolute atomic E-state index is 0.000795. The molecular weight excluding hydrogens is 396 g/mol. The van der Waals surface area contributed by atoms with Gasteiger partial charge in [0.1, 0.15) is 5.01 Å². The number of rotatable bonds is 6. The standard InChI is InChI=1S/C19H20N4O3S2/c1-12(2)18-21-22-19(27-18)20-17(24)14-5-4-6-16(11-14)28(25,26)23-15-9-7-13(3)8-10-15/h4-12,23H,1-3H3,(H,20,22,24). The number of nitrogens with one attached hydrogen (secondary N) is 2. The van der Waals surface area contributed by atoms with E-state index in [1.165, 1.54) is 29.5 Å². The van der Waals surface area contributed by atoms with Crippen molar-refractivity contribution in [1.82, 2.24) is 10.2 Å². The number of anilines is 2. The fraction of sp³-hybridized carbons (Fsp3) is 0.211. The second-order valence-corrected chi connectivity index (χ2v) is 9.25. The van der Waals surface area contributed by atoms with Gasteiger partial charge in [0.2, 0.25) is 5.13 Å². The number of aryl methyl sites for hydroxylation is 1. The lowest BCUT2D eigenvalue weighted by Crippen LogP contribution is -2.16. The monoisotopic (exact) mass is 416 g/mol. The molecule has 0 aliphatic heterocycles. The van der Waals surface area contributed by atoms with Crippen molar-refractivity contribution >= 4 is 38.1 Å². The highest BCUT2D eigenvalue weighted by molar-refractivity contribution is 7.92. The first-order valence-corrected chi connectivity index (χ1v) is 10.9. The molecule has 9 heteroatoms. The van der Waals surface area contributed by atoms with E-state index in [-0.39, 0.29) is 16.4 Å². The molecule has 3 aromatic rings. The molecule has 0 unspecified atom stereocenters. The first-order chi connectivity index (χ1) is 13.2. The number of carbonyl (C=O) groups is 1. The highest BCUT2D eigenvalue weighted by Crippen LogP contribution is 2.23. The molecular formula is C19H20N4O3S2. The van der Waals surface area contributed by atoms with E-state index in [2.05, 4.69) is 20.2 Å². The maximum absolute atomic E-state index is 12.6. The van der Waals surface area contributed by atoms with E-state index in [1.54, 1.807) is 18.2 Å². The Hall–Kier alpha value is -2.78. The van der Waals surface area contributed by atoms with Crippen molar-refractivity contribution in [3.63, 3.8) is 0 Å². The van der Waals surface area contributed by atoms with Crippen LogP contribution in [0.2, 0.25) is 0 Å². The summed E-state index contributed by atoms with van der Waals surface area (Å²) >= 11 is 1.29. The number of aromatic nitrogens is 2. The first kappa shape index (κ1) is 20.0. The van der Waals surface area contributed by atoms with Crippen LogP contribution in [-0.2, 0) is 10.0 Å². The summed E-state index contributed by atoms with van der Waals surface area (Å²) in [6.45, 7) is 5.89. The van der Waals surface area contributed by atoms with Crippen molar-refractivity contribution in [2.24, 2.45) is 0 Å². The predicted molar refractivity (Wildman–Crippen MR) is 110 cm³/mol. The summed E-state index contributed by atoms with van der Waals surface area (Å²) < 4.78 is 27.8. The van der Waals surface area contributed by atoms with Gasteiger partial charge in [-0.15, -0.1) is 10.2 Å². The summed E-state index contributed by atoms with van der Waals surface area (Å²) in [4.78, 5) is 12.5. The van der Waals surface area contributed by atoms with Crippen LogP contribution in [0.3, 0.4) is 0 Å². The van der Waals surface area contributed by atoms with Crippen molar-refractivity contribution in [2.75, 3.05) is 10.0 Å². The molecule has 1 amide bonds. The second kappa shape index (κ2) is 8.07. The zero-order valence-corrected chi connectivity index (χ0v) is 17.3. The lowest BCUT2D eigenvalue weighted by Gasteiger charge is -2.09. The highest BCUT2D eigenvalue weighted by atomic mass is 32.2. The topological polar surface area (TPSA) is 101 Å². The van der Waals surface area contributed by atoms with Crippen molar-refractivity contribution in [3.8, 4) is 0 Å². The molecule has 1 aromatic heterocycles. The zero-order valence-electron chi connectivity index (χ0n) is 15.6. The summed E-state index contributed by atoms with van der Waals surface area (Å²) in [5, 5.41) is 11.8. The molecule has 0 atom stereocenters. The Morgan fingerprint density at radius 1 is 1.07 bits per heavy atom. The molecule has 2 N–H and O–H groups in total. The van der Waals surface area contributed by atoms with E-state index in [0.29, 0.717) is 10.8 Å². The van der Waals surface area contributed by atoms with Crippen molar-refractivity contribution < 1.29 is 13.2 Å². The molecule has 0 saturated carbocycles. The van der Waals surface area contributed by atoms with Gasteiger partial charge in [-0.1, -0.05) is 48.9 Å². The Morgan fingerprint density at radius 2 is 1.79 bits per heavy atom. The van der Waals surface area contributed by atoms with Gasteiger partial charge in [0.25, 0.3) is 15.9 Å². The quantitative estimate of drug-likeness (QED) is 0.632. The van der Waals surface area contributed by atoms with E-state index < -0.39 is 15.9 Å². The molecule has 0 aliphatic carbocycles. The van der Waals surface area contributed by atoms with Crippen LogP contribution in [0.15, 0.2) is 53.4 Å². The van der Waals surface area contributed by atoms with Crippen LogP contribution < -0.4 is 10.0 Å². The van der Waals surface area contributed by atoms with Crippen molar-refractivity contribution in [3.05, 3.63) is 64.7 Å². The third kappa shape index (κ3) is 4.73. The summed E-state index contributed by atoms with van der Waals surface area (Å²) in [6, 6.07) is 12.8. The average molecular weight is 417 g/mol. The number of sulfonamides is 1. The molecule has 0 spiro atoms. The molecule has 0 bridgehead atoms. The molecule has 7 nitrogen and oxygen atoms in total. The van der Waals surface area contributed by atoms with Gasteiger partial charge in [-0.05, 0) is 37.3 Å². The summed E-state index contributed by atoms with van der Waals surface area (Å²) in [5.41, 5.74) is 1.70. The van der Waals surface area contributed by atoms with E-state index in [0.717, 1.165) is 10.6 Å². The number of benzene rings is 2. The van der Waals surface area contributed by atoms with Gasteiger partial charge < -0.3 is 0 Å². The smallest absolute Gasteiger partial charge is 0.261 e. The van der Waals surface area contributed by atoms with Crippen molar-refractivity contribution in [1.29, 1.82) is 0 Å². The Balaban J connectivity index is 1.78. The summed E-state index contributed by atoms with van der Waals surface area (Å²) in [6.07, 6.45) is 0. The van der Waals surface area contributed by atoms with Crippen molar-refractivity contribution in [2.45, 2.75) is 31.6 Å². The SMILES string of the molecule is Cc1ccc(NS(=O)(=O)c2cccc(C(=O)Nc3nnc(C(C)C)s3)c2)cc1. The molecule has 1 heterocycles. The van der Waals surface area contributed by atoms with Gasteiger partial charge in [0.05, 0.1) is 4.90 Å². The fourth-order valence-electron chi connectivity index (χ4n) is 2.33. The van der Waals surface area contributed by atoms with E-state index in [1.807, 2.05) is 32.9 Å². The van der Waals surface area contributed by atoms with Gasteiger partial charge in [-0.3, -0.25) is 14.8 Å². The third-order valence-electron chi connectivity index (χ3n) is 3.87. The van der Waals surface area contributed by atoms with Gasteiger partial charge in [-0.25, -0.2) is 8.42 Å². The molecule has 28 heavy (non-hydrogen) atoms. The van der Waals surface area contributed by atoms with Crippen LogP contribution in [0.4, 0.5) is 10.8 Å². The normalized spacial score (nSPS) is 11.4. The third-order valence-corrected chi connectivity index (χ3v) is 6.38. The largest absolute Gasteiger partial charge is 0.296 e. The first-order valence-electron chi connectivity index (χ1n) is 8.59. The van der Waals surface area contributed by atoms with E-state index in [4.69, 9.17) is 0 Å². The number of hydrogen-bond acceptors (Lipinski definition) is 6. The number of hydrogen-bond donors (Lipinski definition) is 2. The lowest BCUT2D eigenvalue weighted by atomic mass is 10.2. The molecule has 0 aliphatic rings. The molecule has 146 valence electrons. The van der Waals surface area contributed by atoms with Gasteiger partial charge in [-0.2, -0.15) is 0 Å². The molecule has 0 saturated heterocycles. The van der Waals surface area contributed by atoms with Crippen LogP contribution in [0.25, 0.3) is 0 Å². The Bertz CT molecular complexity index is 1090. The average Bonchev–Trinajstić information content (AvgIpc) is 3.12. The molecule has 0 fully saturated rings. The Labute approximate surface area is 167 Å². The van der Waals surface area contributed by atoms with Crippen LogP contribution in [0, 0.1) is 6.92 Å².